The predicted octanol–water partition coefficient (Wildman–Crippen LogP) is 3.24. The number of fused-ring (bicyclic) bond motifs is 1. The number of carbonyl (C=O) groups is 2. The molecule has 0 radical (unpaired) electrons. The molecule has 3 rings (SSSR count). The average Bonchev–Trinajstić information content (AvgIpc) is 2.72. The van der Waals surface area contributed by atoms with Crippen LogP contribution in [0.1, 0.15) is 25.0 Å². The molecule has 2 amide bonds. The first kappa shape index (κ1) is 15.2. The quantitative estimate of drug-likeness (QED) is 0.914. The van der Waals surface area contributed by atoms with Crippen LogP contribution in [-0.2, 0) is 21.4 Å². The fraction of sp³-hybridized carbons (Fsp3) is 0.222. The maximum atomic E-state index is 13.6. The minimum Gasteiger partial charge on any atom is -0.325 e. The highest BCUT2D eigenvalue weighted by atomic mass is 19.1. The van der Waals surface area contributed by atoms with Crippen molar-refractivity contribution in [2.45, 2.75) is 25.7 Å². The Labute approximate surface area is 133 Å². The summed E-state index contributed by atoms with van der Waals surface area (Å²) in [5, 5.41) is 5.39. The Morgan fingerprint density at radius 1 is 1.22 bits per heavy atom. The van der Waals surface area contributed by atoms with Gasteiger partial charge in [0.1, 0.15) is 5.82 Å². The molecule has 4 nitrogen and oxygen atoms in total. The standard InChI is InChI=1S/C18H17FN2O2/c1-18(2)12-9-11(7-8-14(12)21-17(18)23)10-16(22)20-15-6-4-3-5-13(15)19/h3-9H,10H2,1-2H3,(H,20,22)(H,21,23). The topological polar surface area (TPSA) is 58.2 Å². The summed E-state index contributed by atoms with van der Waals surface area (Å²) in [6.45, 7) is 3.69. The van der Waals surface area contributed by atoms with Crippen LogP contribution in [0, 0.1) is 5.82 Å². The van der Waals surface area contributed by atoms with Gasteiger partial charge >= 0.3 is 0 Å². The molecule has 0 bridgehead atoms. The average molecular weight is 312 g/mol. The Bertz CT molecular complexity index is 799. The number of halogens is 1. The Kier molecular flexibility index (Phi) is 3.64. The number of carbonyl (C=O) groups excluding carboxylic acids is 2. The molecule has 2 N–H and O–H groups in total. The lowest BCUT2D eigenvalue weighted by molar-refractivity contribution is -0.119. The zero-order chi connectivity index (χ0) is 16.6. The van der Waals surface area contributed by atoms with E-state index in [-0.39, 0.29) is 23.9 Å². The third-order valence-electron chi connectivity index (χ3n) is 4.09. The molecular formula is C18H17FN2O2. The second kappa shape index (κ2) is 5.50. The van der Waals surface area contributed by atoms with Crippen LogP contribution in [0.3, 0.4) is 0 Å². The van der Waals surface area contributed by atoms with Crippen LogP contribution in [-0.4, -0.2) is 11.8 Å². The molecule has 0 saturated heterocycles. The molecule has 0 saturated carbocycles. The summed E-state index contributed by atoms with van der Waals surface area (Å²) in [6.07, 6.45) is 0.117. The third-order valence-corrected chi connectivity index (χ3v) is 4.09. The van der Waals surface area contributed by atoms with Crippen LogP contribution in [0.15, 0.2) is 42.5 Å². The van der Waals surface area contributed by atoms with Gasteiger partial charge in [0.25, 0.3) is 0 Å². The van der Waals surface area contributed by atoms with Crippen molar-refractivity contribution in [1.82, 2.24) is 0 Å². The van der Waals surface area contributed by atoms with Gasteiger partial charge in [0.2, 0.25) is 11.8 Å². The van der Waals surface area contributed by atoms with Crippen LogP contribution in [0.2, 0.25) is 0 Å². The monoisotopic (exact) mass is 312 g/mol. The highest BCUT2D eigenvalue weighted by Gasteiger charge is 2.38. The number of hydrogen-bond acceptors (Lipinski definition) is 2. The summed E-state index contributed by atoms with van der Waals surface area (Å²) in [4.78, 5) is 24.0. The zero-order valence-electron chi connectivity index (χ0n) is 12.9. The van der Waals surface area contributed by atoms with E-state index < -0.39 is 11.2 Å². The molecule has 1 aliphatic rings. The van der Waals surface area contributed by atoms with Crippen LogP contribution in [0.4, 0.5) is 15.8 Å². The van der Waals surface area contributed by atoms with E-state index in [4.69, 9.17) is 0 Å². The molecule has 2 aromatic carbocycles. The minimum absolute atomic E-state index is 0.0551. The second-order valence-corrected chi connectivity index (χ2v) is 6.16. The Morgan fingerprint density at radius 3 is 2.70 bits per heavy atom. The summed E-state index contributed by atoms with van der Waals surface area (Å²) in [7, 11) is 0. The highest BCUT2D eigenvalue weighted by Crippen LogP contribution is 2.37. The van der Waals surface area contributed by atoms with Gasteiger partial charge in [-0.3, -0.25) is 9.59 Å². The van der Waals surface area contributed by atoms with E-state index in [2.05, 4.69) is 10.6 Å². The zero-order valence-corrected chi connectivity index (χ0v) is 12.9. The lowest BCUT2D eigenvalue weighted by Gasteiger charge is -2.15. The molecule has 1 heterocycles. The summed E-state index contributed by atoms with van der Waals surface area (Å²) >= 11 is 0. The van der Waals surface area contributed by atoms with E-state index in [0.717, 1.165) is 16.8 Å². The molecular weight excluding hydrogens is 295 g/mol. The van der Waals surface area contributed by atoms with Gasteiger partial charge in [-0.2, -0.15) is 0 Å². The van der Waals surface area contributed by atoms with Gasteiger partial charge in [-0.05, 0) is 43.2 Å². The maximum absolute atomic E-state index is 13.6. The number of rotatable bonds is 3. The van der Waals surface area contributed by atoms with E-state index in [1.54, 1.807) is 24.3 Å². The van der Waals surface area contributed by atoms with Crippen LogP contribution in [0.25, 0.3) is 0 Å². The van der Waals surface area contributed by atoms with Crippen molar-refractivity contribution in [2.24, 2.45) is 0 Å². The number of amides is 2. The van der Waals surface area contributed by atoms with Crippen molar-refractivity contribution in [1.29, 1.82) is 0 Å². The number of para-hydroxylation sites is 1. The molecule has 0 aliphatic carbocycles. The Morgan fingerprint density at radius 2 is 1.96 bits per heavy atom. The van der Waals surface area contributed by atoms with Crippen molar-refractivity contribution in [3.05, 3.63) is 59.4 Å². The first-order valence-electron chi connectivity index (χ1n) is 7.37. The molecule has 0 atom stereocenters. The summed E-state index contributed by atoms with van der Waals surface area (Å²) in [5.41, 5.74) is 1.97. The van der Waals surface area contributed by atoms with Crippen molar-refractivity contribution in [3.8, 4) is 0 Å². The third kappa shape index (κ3) is 2.82. The predicted molar refractivity (Wildman–Crippen MR) is 86.8 cm³/mol. The lowest BCUT2D eigenvalue weighted by Crippen LogP contribution is -2.27. The largest absolute Gasteiger partial charge is 0.325 e. The van der Waals surface area contributed by atoms with E-state index in [9.17, 15) is 14.0 Å². The second-order valence-electron chi connectivity index (χ2n) is 6.16. The molecule has 5 heteroatoms. The number of benzene rings is 2. The fourth-order valence-corrected chi connectivity index (χ4v) is 2.67. The van der Waals surface area contributed by atoms with E-state index in [1.165, 1.54) is 12.1 Å². The van der Waals surface area contributed by atoms with Crippen molar-refractivity contribution < 1.29 is 14.0 Å². The van der Waals surface area contributed by atoms with Gasteiger partial charge in [0, 0.05) is 5.69 Å². The molecule has 0 unspecified atom stereocenters. The van der Waals surface area contributed by atoms with E-state index in [1.807, 2.05) is 19.9 Å². The molecule has 0 spiro atoms. The first-order chi connectivity index (χ1) is 10.9. The highest BCUT2D eigenvalue weighted by molar-refractivity contribution is 6.05. The molecule has 1 aliphatic heterocycles. The molecule has 23 heavy (non-hydrogen) atoms. The number of anilines is 2. The fourth-order valence-electron chi connectivity index (χ4n) is 2.67. The van der Waals surface area contributed by atoms with Crippen molar-refractivity contribution in [3.63, 3.8) is 0 Å². The Balaban J connectivity index is 1.77. The van der Waals surface area contributed by atoms with Gasteiger partial charge < -0.3 is 10.6 Å². The van der Waals surface area contributed by atoms with Gasteiger partial charge in [-0.25, -0.2) is 4.39 Å². The molecule has 0 fully saturated rings. The van der Waals surface area contributed by atoms with Crippen molar-refractivity contribution >= 4 is 23.2 Å². The van der Waals surface area contributed by atoms with Gasteiger partial charge in [0.15, 0.2) is 0 Å². The summed E-state index contributed by atoms with van der Waals surface area (Å²) in [5.74, 6) is -0.823. The van der Waals surface area contributed by atoms with E-state index >= 15 is 0 Å². The minimum atomic E-state index is -0.618. The number of hydrogen-bond donors (Lipinski definition) is 2. The van der Waals surface area contributed by atoms with Crippen LogP contribution >= 0.6 is 0 Å². The summed E-state index contributed by atoms with van der Waals surface area (Å²) < 4.78 is 13.6. The first-order valence-corrected chi connectivity index (χ1v) is 7.37. The Hall–Kier alpha value is -2.69. The molecule has 2 aromatic rings. The summed E-state index contributed by atoms with van der Waals surface area (Å²) in [6, 6.07) is 11.5. The van der Waals surface area contributed by atoms with Crippen molar-refractivity contribution in [2.75, 3.05) is 10.6 Å². The van der Waals surface area contributed by atoms with Crippen LogP contribution in [0.5, 0.6) is 0 Å². The van der Waals surface area contributed by atoms with Crippen LogP contribution < -0.4 is 10.6 Å². The van der Waals surface area contributed by atoms with E-state index in [0.29, 0.717) is 0 Å². The van der Waals surface area contributed by atoms with Gasteiger partial charge in [-0.1, -0.05) is 24.3 Å². The van der Waals surface area contributed by atoms with Gasteiger partial charge in [-0.15, -0.1) is 0 Å². The number of nitrogens with one attached hydrogen (secondary N) is 2. The molecule has 0 aromatic heterocycles. The maximum Gasteiger partial charge on any atom is 0.234 e. The lowest BCUT2D eigenvalue weighted by atomic mass is 9.85. The van der Waals surface area contributed by atoms with Gasteiger partial charge in [0.05, 0.1) is 17.5 Å². The molecule has 118 valence electrons. The SMILES string of the molecule is CC1(C)C(=O)Nc2ccc(CC(=O)Nc3ccccc3F)cc21. The smallest absolute Gasteiger partial charge is 0.234 e. The normalized spacial score (nSPS) is 15.0.